The van der Waals surface area contributed by atoms with Gasteiger partial charge in [0.15, 0.2) is 0 Å². The van der Waals surface area contributed by atoms with Crippen molar-refractivity contribution >= 4 is 11.4 Å². The van der Waals surface area contributed by atoms with Gasteiger partial charge in [-0.3, -0.25) is 0 Å². The number of unbranched alkanes of at least 4 members (excludes halogenated alkanes) is 7. The van der Waals surface area contributed by atoms with Gasteiger partial charge in [0.05, 0.1) is 0 Å². The molecule has 0 aromatic heterocycles. The molecule has 0 radical (unpaired) electrons. The van der Waals surface area contributed by atoms with Crippen molar-refractivity contribution in [3.63, 3.8) is 0 Å². The van der Waals surface area contributed by atoms with Crippen LogP contribution >= 0.6 is 0 Å². The summed E-state index contributed by atoms with van der Waals surface area (Å²) in [5.74, 6) is 0. The molecule has 44 heavy (non-hydrogen) atoms. The number of aryl methyl sites for hydroxylation is 4. The Morgan fingerprint density at radius 1 is 0.409 bits per heavy atom. The molecule has 0 bridgehead atoms. The maximum atomic E-state index is 12.3. The largest absolute Gasteiger partial charge is 0.493 e. The van der Waals surface area contributed by atoms with Crippen molar-refractivity contribution in [1.29, 1.82) is 0 Å². The first-order valence-corrected chi connectivity index (χ1v) is 18.2. The fourth-order valence-electron chi connectivity index (χ4n) is 6.59. The van der Waals surface area contributed by atoms with Crippen LogP contribution in [0.25, 0.3) is 16.9 Å². The molecule has 2 aromatic rings. The van der Waals surface area contributed by atoms with Gasteiger partial charge in [0.2, 0.25) is 11.4 Å². The van der Waals surface area contributed by atoms with E-state index in [2.05, 4.69) is 77.9 Å². The fourth-order valence-corrected chi connectivity index (χ4v) is 6.59. The molecule has 0 aliphatic carbocycles. The second kappa shape index (κ2) is 20.9. The van der Waals surface area contributed by atoms with Gasteiger partial charge in [0.25, 0.3) is 0 Å². The molecule has 0 unspecified atom stereocenters. The normalized spacial score (nSPS) is 13.3. The van der Waals surface area contributed by atoms with Crippen molar-refractivity contribution in [2.24, 2.45) is 0 Å². The monoisotopic (exact) mass is 640 g/mol. The van der Waals surface area contributed by atoms with Crippen LogP contribution in [0.2, 0.25) is 0 Å². The zero-order valence-corrected chi connectivity index (χ0v) is 30.1. The quantitative estimate of drug-likeness (QED) is 0.0736. The van der Waals surface area contributed by atoms with E-state index in [0.717, 1.165) is 62.8 Å². The molecular formula is C41H62N2Ni. The molecule has 0 fully saturated rings. The van der Waals surface area contributed by atoms with Gasteiger partial charge in [-0.2, -0.15) is 0 Å². The van der Waals surface area contributed by atoms with Crippen LogP contribution in [0, 0.1) is 0 Å². The molecule has 0 saturated heterocycles. The number of nitrogens with zero attached hydrogens (tertiary/aromatic N) is 2. The minimum Gasteiger partial charge on any atom is -0.493 e. The molecule has 0 spiro atoms. The second-order valence-corrected chi connectivity index (χ2v) is 13.0. The van der Waals surface area contributed by atoms with E-state index in [9.17, 15) is 5.53 Å². The van der Waals surface area contributed by atoms with Crippen LogP contribution in [-0.2, 0) is 42.2 Å². The Hall–Kier alpha value is -1.99. The zero-order valence-electron chi connectivity index (χ0n) is 29.1. The van der Waals surface area contributed by atoms with Crippen molar-refractivity contribution in [3.05, 3.63) is 86.5 Å². The molecule has 2 nitrogen and oxygen atoms in total. The van der Waals surface area contributed by atoms with Crippen LogP contribution in [0.15, 0.2) is 47.5 Å². The molecule has 0 amide bonds. The van der Waals surface area contributed by atoms with Gasteiger partial charge < -0.3 is 5.53 Å². The minimum absolute atomic E-state index is 0. The van der Waals surface area contributed by atoms with Gasteiger partial charge in [0.1, 0.15) is 0 Å². The molecule has 246 valence electrons. The van der Waals surface area contributed by atoms with Crippen molar-refractivity contribution in [3.8, 4) is 0 Å². The van der Waals surface area contributed by atoms with Crippen molar-refractivity contribution in [1.82, 2.24) is 0 Å². The van der Waals surface area contributed by atoms with Crippen molar-refractivity contribution < 1.29 is 21.2 Å². The van der Waals surface area contributed by atoms with Crippen LogP contribution in [0.1, 0.15) is 171 Å². The average Bonchev–Trinajstić information content (AvgIpc) is 3.29. The predicted molar refractivity (Wildman–Crippen MR) is 188 cm³/mol. The van der Waals surface area contributed by atoms with E-state index >= 15 is 0 Å². The van der Waals surface area contributed by atoms with Gasteiger partial charge in [0, 0.05) is 38.8 Å². The summed E-state index contributed by atoms with van der Waals surface area (Å²) in [4.78, 5) is 0. The fraction of sp³-hybridized carbons (Fsp3) is 0.610. The van der Waals surface area contributed by atoms with Crippen LogP contribution in [0.5, 0.6) is 0 Å². The van der Waals surface area contributed by atoms with E-state index in [4.69, 9.17) is 0 Å². The first-order valence-electron chi connectivity index (χ1n) is 18.2. The number of rotatable bonds is 21. The Balaban J connectivity index is 0.00000675. The molecule has 1 aliphatic rings. The van der Waals surface area contributed by atoms with E-state index < -0.39 is 0 Å². The van der Waals surface area contributed by atoms with Crippen molar-refractivity contribution in [2.45, 2.75) is 164 Å². The topological polar surface area (TPSA) is 25.3 Å². The van der Waals surface area contributed by atoms with E-state index in [1.54, 1.807) is 4.70 Å². The standard InChI is InChI=1S/C41H62N2.Ni/c1-7-13-19-25-39-38(24-18-12-6)40(36-28-32(20-14-8-2)26-33(29-36)21-15-9-3)43(42)41(39)37-30-34(22-16-10-4)27-35(31-37)23-17-11-5;/h26-31H,7-25H2,1-6H3;. The average molecular weight is 642 g/mol. The van der Waals surface area contributed by atoms with E-state index in [1.165, 1.54) is 115 Å². The Kier molecular flexibility index (Phi) is 18.2. The first kappa shape index (κ1) is 38.2. The number of hydrogen-bond donors (Lipinski definition) is 0. The number of allylic oxidation sites excluding steroid dienone is 2. The van der Waals surface area contributed by atoms with E-state index in [0.29, 0.717) is 0 Å². The predicted octanol–water partition coefficient (Wildman–Crippen LogP) is 13.0. The smallest absolute Gasteiger partial charge is 0.211 e. The molecule has 0 N–H and O–H groups in total. The molecule has 3 rings (SSSR count). The Morgan fingerprint density at radius 2 is 0.705 bits per heavy atom. The van der Waals surface area contributed by atoms with Gasteiger partial charge in [-0.1, -0.05) is 98.6 Å². The second-order valence-electron chi connectivity index (χ2n) is 13.0. The van der Waals surface area contributed by atoms with Crippen LogP contribution in [0.3, 0.4) is 0 Å². The van der Waals surface area contributed by atoms with E-state index in [1.807, 2.05) is 0 Å². The SMILES string of the molecule is CCCCCC1=C(c2cc(CCCC)cc(CCCC)c2)[N+](=[N-])C(c2cc(CCCC)cc(CCCC)c2)=C1CCCC.[Ni]. The van der Waals surface area contributed by atoms with Crippen LogP contribution in [-0.4, -0.2) is 4.70 Å². The zero-order chi connectivity index (χ0) is 31.0. The summed E-state index contributed by atoms with van der Waals surface area (Å²) in [7, 11) is 0. The van der Waals surface area contributed by atoms with Crippen LogP contribution in [0.4, 0.5) is 0 Å². The third-order valence-corrected chi connectivity index (χ3v) is 9.10. The van der Waals surface area contributed by atoms with Gasteiger partial charge in [-0.25, -0.2) is 4.70 Å². The summed E-state index contributed by atoms with van der Waals surface area (Å²) in [5, 5.41) is 0. The van der Waals surface area contributed by atoms with E-state index in [-0.39, 0.29) is 16.5 Å². The third-order valence-electron chi connectivity index (χ3n) is 9.10. The molecule has 0 saturated carbocycles. The van der Waals surface area contributed by atoms with Crippen molar-refractivity contribution in [2.75, 3.05) is 0 Å². The number of benzene rings is 2. The van der Waals surface area contributed by atoms with Gasteiger partial charge in [-0.15, -0.1) is 0 Å². The minimum atomic E-state index is 0. The summed E-state index contributed by atoms with van der Waals surface area (Å²) < 4.78 is 1.64. The Morgan fingerprint density at radius 3 is 1.02 bits per heavy atom. The maximum absolute atomic E-state index is 12.3. The maximum Gasteiger partial charge on any atom is 0.211 e. The summed E-state index contributed by atoms with van der Waals surface area (Å²) in [5.41, 5.74) is 25.3. The molecule has 0 atom stereocenters. The number of hydrogen-bond acceptors (Lipinski definition) is 0. The van der Waals surface area contributed by atoms with Gasteiger partial charge >= 0.3 is 0 Å². The molecule has 1 aliphatic heterocycles. The van der Waals surface area contributed by atoms with Gasteiger partial charge in [-0.05, 0) is 124 Å². The first-order chi connectivity index (χ1) is 21.0. The molecule has 1 heterocycles. The molecule has 3 heteroatoms. The summed E-state index contributed by atoms with van der Waals surface area (Å²) in [6, 6.07) is 14.5. The Bertz CT molecular complexity index is 1180. The molecule has 2 aromatic carbocycles. The summed E-state index contributed by atoms with van der Waals surface area (Å²) >= 11 is 0. The third kappa shape index (κ3) is 10.8. The van der Waals surface area contributed by atoms with Crippen LogP contribution < -0.4 is 0 Å². The summed E-state index contributed by atoms with van der Waals surface area (Å²) in [6.07, 6.45) is 22.0. The molecular weight excluding hydrogens is 579 g/mol. The summed E-state index contributed by atoms with van der Waals surface area (Å²) in [6.45, 7) is 13.7. The Labute approximate surface area is 281 Å².